The number of aryl methyl sites for hydroxylation is 2. The second-order valence-electron chi connectivity index (χ2n) is 9.61. The summed E-state index contributed by atoms with van der Waals surface area (Å²) in [5, 5.41) is 11.6. The molecule has 4 aromatic heterocycles. The van der Waals surface area contributed by atoms with Gasteiger partial charge in [0.2, 0.25) is 0 Å². The van der Waals surface area contributed by atoms with E-state index in [0.717, 1.165) is 10.4 Å². The highest BCUT2D eigenvalue weighted by atomic mass is 32.1. The zero-order valence-electron chi connectivity index (χ0n) is 20.6. The number of H-pyrrole nitrogens is 1. The van der Waals surface area contributed by atoms with Crippen LogP contribution in [0.15, 0.2) is 18.6 Å². The van der Waals surface area contributed by atoms with Crippen molar-refractivity contribution in [3.05, 3.63) is 40.3 Å². The summed E-state index contributed by atoms with van der Waals surface area (Å²) in [7, 11) is 0. The Morgan fingerprint density at radius 3 is 2.50 bits per heavy atom. The first-order chi connectivity index (χ1) is 17.9. The van der Waals surface area contributed by atoms with Crippen molar-refractivity contribution in [3.63, 3.8) is 0 Å². The van der Waals surface area contributed by atoms with Crippen LogP contribution in [0.2, 0.25) is 0 Å². The third-order valence-corrected chi connectivity index (χ3v) is 8.13. The lowest BCUT2D eigenvalue weighted by atomic mass is 9.94. The molecular weight excluding hydrogens is 532 g/mol. The summed E-state index contributed by atoms with van der Waals surface area (Å²) >= 11 is 1.32. The molecule has 0 saturated carbocycles. The van der Waals surface area contributed by atoms with Crippen LogP contribution < -0.4 is 0 Å². The normalized spacial score (nSPS) is 16.1. The third kappa shape index (κ3) is 5.70. The number of likely N-dealkylation sites (tertiary alicyclic amines) is 1. The van der Waals surface area contributed by atoms with E-state index in [1.165, 1.54) is 22.2 Å². The summed E-state index contributed by atoms with van der Waals surface area (Å²) in [4.78, 5) is 11.5. The van der Waals surface area contributed by atoms with Gasteiger partial charge in [-0.3, -0.25) is 5.10 Å². The van der Waals surface area contributed by atoms with Crippen molar-refractivity contribution in [1.82, 2.24) is 34.7 Å². The van der Waals surface area contributed by atoms with Gasteiger partial charge >= 0.3 is 12.4 Å². The fourth-order valence-corrected chi connectivity index (χ4v) is 6.23. The van der Waals surface area contributed by atoms with E-state index in [0.29, 0.717) is 47.8 Å². The first-order valence-corrected chi connectivity index (χ1v) is 12.9. The van der Waals surface area contributed by atoms with E-state index in [2.05, 4.69) is 25.3 Å². The van der Waals surface area contributed by atoms with Crippen LogP contribution in [0, 0.1) is 13.8 Å². The average molecular weight is 558 g/mol. The predicted molar refractivity (Wildman–Crippen MR) is 130 cm³/mol. The van der Waals surface area contributed by atoms with Crippen molar-refractivity contribution in [3.8, 4) is 22.0 Å². The molecule has 1 aliphatic rings. The molecule has 0 atom stereocenters. The molecule has 0 spiro atoms. The lowest BCUT2D eigenvalue weighted by Crippen LogP contribution is -2.35. The van der Waals surface area contributed by atoms with Crippen molar-refractivity contribution < 1.29 is 26.3 Å². The molecule has 5 heterocycles. The van der Waals surface area contributed by atoms with Gasteiger partial charge in [0.1, 0.15) is 11.3 Å². The molecule has 0 aromatic carbocycles. The minimum Gasteiger partial charge on any atom is -0.303 e. The van der Waals surface area contributed by atoms with Crippen molar-refractivity contribution in [2.24, 2.45) is 0 Å². The van der Waals surface area contributed by atoms with Gasteiger partial charge in [0, 0.05) is 28.7 Å². The molecular formula is C24H25F6N7S. The highest BCUT2D eigenvalue weighted by molar-refractivity contribution is 7.15. The maximum atomic E-state index is 13.7. The average Bonchev–Trinajstić information content (AvgIpc) is 3.55. The summed E-state index contributed by atoms with van der Waals surface area (Å²) in [6.07, 6.45) is -6.38. The van der Waals surface area contributed by atoms with Gasteiger partial charge in [-0.15, -0.1) is 11.3 Å². The number of pyridine rings is 1. The predicted octanol–water partition coefficient (Wildman–Crippen LogP) is 6.10. The van der Waals surface area contributed by atoms with E-state index in [1.54, 1.807) is 24.1 Å². The Morgan fingerprint density at radius 1 is 1.08 bits per heavy atom. The Labute approximate surface area is 217 Å². The van der Waals surface area contributed by atoms with E-state index in [4.69, 9.17) is 0 Å². The molecule has 1 saturated heterocycles. The van der Waals surface area contributed by atoms with Crippen LogP contribution in [0.25, 0.3) is 27.6 Å². The Balaban J connectivity index is 1.43. The van der Waals surface area contributed by atoms with Crippen LogP contribution in [0.4, 0.5) is 26.3 Å². The highest BCUT2D eigenvalue weighted by Crippen LogP contribution is 2.41. The summed E-state index contributed by atoms with van der Waals surface area (Å²) in [5.41, 5.74) is 2.93. The molecule has 7 nitrogen and oxygen atoms in total. The second kappa shape index (κ2) is 9.95. The Hall–Kier alpha value is -3.00. The molecule has 1 N–H and O–H groups in total. The van der Waals surface area contributed by atoms with Crippen LogP contribution in [-0.2, 0) is 6.42 Å². The van der Waals surface area contributed by atoms with Crippen LogP contribution in [0.1, 0.15) is 46.9 Å². The number of aromatic amines is 1. The van der Waals surface area contributed by atoms with Gasteiger partial charge < -0.3 is 4.90 Å². The molecule has 0 radical (unpaired) electrons. The van der Waals surface area contributed by atoms with Gasteiger partial charge in [-0.25, -0.2) is 14.5 Å². The Morgan fingerprint density at radius 2 is 1.82 bits per heavy atom. The number of piperidine rings is 1. The van der Waals surface area contributed by atoms with E-state index in [-0.39, 0.29) is 29.4 Å². The summed E-state index contributed by atoms with van der Waals surface area (Å²) in [6.45, 7) is 4.65. The Kier molecular flexibility index (Phi) is 6.97. The fourth-order valence-electron chi connectivity index (χ4n) is 4.97. The molecule has 0 bridgehead atoms. The zero-order chi connectivity index (χ0) is 27.2. The minimum atomic E-state index is -4.47. The van der Waals surface area contributed by atoms with Gasteiger partial charge in [0.05, 0.1) is 29.9 Å². The molecule has 1 aliphatic heterocycles. The van der Waals surface area contributed by atoms with Crippen LogP contribution in [-0.4, -0.2) is 66.7 Å². The lowest BCUT2D eigenvalue weighted by molar-refractivity contribution is -0.138. The number of aromatic nitrogens is 6. The largest absolute Gasteiger partial charge is 0.393 e. The van der Waals surface area contributed by atoms with Gasteiger partial charge in [-0.1, -0.05) is 0 Å². The molecule has 5 rings (SSSR count). The van der Waals surface area contributed by atoms with E-state index < -0.39 is 25.2 Å². The number of alkyl halides is 6. The summed E-state index contributed by atoms with van der Waals surface area (Å²) in [5.74, 6) is 0.0919. The molecule has 0 amide bonds. The second-order valence-corrected chi connectivity index (χ2v) is 10.6. The van der Waals surface area contributed by atoms with Crippen molar-refractivity contribution in [2.45, 2.75) is 57.8 Å². The third-order valence-electron chi connectivity index (χ3n) is 6.79. The highest BCUT2D eigenvalue weighted by Gasteiger charge is 2.34. The van der Waals surface area contributed by atoms with Crippen molar-refractivity contribution in [1.29, 1.82) is 0 Å². The number of rotatable bonds is 6. The lowest BCUT2D eigenvalue weighted by Gasteiger charge is -2.31. The standard InChI is InChI=1S/C24H25F6N7S/c1-13-9-16(11-37-21(13)31-12-32-37)18-17(10-24(28,29)30)19(35-34-18)22-33-14(2)20(38-22)15-3-6-36(7-4-15)8-5-23(25,26)27/h9,11-12,15H,3-8,10H2,1-2H3,(H,34,35). The summed E-state index contributed by atoms with van der Waals surface area (Å²) < 4.78 is 80.3. The first kappa shape index (κ1) is 26.6. The molecule has 1 fully saturated rings. The molecule has 204 valence electrons. The number of thiazole rings is 1. The van der Waals surface area contributed by atoms with E-state index in [9.17, 15) is 26.3 Å². The molecule has 0 aliphatic carbocycles. The van der Waals surface area contributed by atoms with Crippen LogP contribution in [0.5, 0.6) is 0 Å². The van der Waals surface area contributed by atoms with Gasteiger partial charge in [0.15, 0.2) is 5.65 Å². The summed E-state index contributed by atoms with van der Waals surface area (Å²) in [6, 6.07) is 1.73. The van der Waals surface area contributed by atoms with E-state index >= 15 is 0 Å². The molecule has 4 aromatic rings. The minimum absolute atomic E-state index is 0.00126. The number of halogens is 6. The van der Waals surface area contributed by atoms with Crippen molar-refractivity contribution >= 4 is 17.0 Å². The maximum absolute atomic E-state index is 13.7. The fraction of sp³-hybridized carbons (Fsp3) is 0.500. The van der Waals surface area contributed by atoms with Crippen LogP contribution in [0.3, 0.4) is 0 Å². The van der Waals surface area contributed by atoms with E-state index in [1.807, 2.05) is 6.92 Å². The smallest absolute Gasteiger partial charge is 0.303 e. The van der Waals surface area contributed by atoms with Crippen molar-refractivity contribution in [2.75, 3.05) is 19.6 Å². The number of nitrogens with zero attached hydrogens (tertiary/aromatic N) is 6. The topological polar surface area (TPSA) is 75.0 Å². The number of hydrogen-bond acceptors (Lipinski definition) is 6. The molecule has 38 heavy (non-hydrogen) atoms. The first-order valence-electron chi connectivity index (χ1n) is 12.1. The SMILES string of the molecule is Cc1nc(-c2[nH]nc(-c3cc(C)c4ncnn4c3)c2CC(F)(F)F)sc1C1CCN(CCC(F)(F)F)CC1. The van der Waals surface area contributed by atoms with Gasteiger partial charge in [-0.2, -0.15) is 36.5 Å². The van der Waals surface area contributed by atoms with Gasteiger partial charge in [-0.05, 0) is 57.3 Å². The maximum Gasteiger partial charge on any atom is 0.393 e. The molecule has 0 unspecified atom stereocenters. The number of fused-ring (bicyclic) bond motifs is 1. The molecule has 14 heteroatoms. The quantitative estimate of drug-likeness (QED) is 0.290. The number of nitrogens with one attached hydrogen (secondary N) is 1. The number of hydrogen-bond donors (Lipinski definition) is 1. The Bertz CT molecular complexity index is 1430. The van der Waals surface area contributed by atoms with Crippen LogP contribution >= 0.6 is 11.3 Å². The monoisotopic (exact) mass is 557 g/mol. The van der Waals surface area contributed by atoms with Gasteiger partial charge in [0.25, 0.3) is 0 Å². The zero-order valence-corrected chi connectivity index (χ0v) is 21.4.